The molecule has 1 atom stereocenters. The van der Waals surface area contributed by atoms with Crippen LogP contribution in [-0.2, 0) is 4.74 Å². The third kappa shape index (κ3) is 23.6. The molecule has 0 aromatic heterocycles. The van der Waals surface area contributed by atoms with Gasteiger partial charge in [-0.25, -0.2) is 0 Å². The van der Waals surface area contributed by atoms with Crippen LogP contribution < -0.4 is 0 Å². The molecule has 1 rings (SSSR count). The smallest absolute Gasteiger partial charge is 0.0638 e. The van der Waals surface area contributed by atoms with Crippen LogP contribution in [0.5, 0.6) is 0 Å². The Kier molecular flexibility index (Phi) is 27.4. The summed E-state index contributed by atoms with van der Waals surface area (Å²) in [6.07, 6.45) is 45.0. The van der Waals surface area contributed by atoms with Crippen LogP contribution in [0.15, 0.2) is 0 Å². The molecule has 0 aromatic rings. The SMILES string of the molecule is CCCCCCCCCCCCCCCC[C]1CCOC1CCCCCCCCCCCCCCCC. The van der Waals surface area contributed by atoms with Gasteiger partial charge < -0.3 is 4.74 Å². The first kappa shape index (κ1) is 35.0. The fourth-order valence-corrected chi connectivity index (χ4v) is 6.26. The maximum absolute atomic E-state index is 6.11. The van der Waals surface area contributed by atoms with Crippen LogP contribution in [0.4, 0.5) is 0 Å². The monoisotopic (exact) mass is 520 g/mol. The molecule has 221 valence electrons. The van der Waals surface area contributed by atoms with Crippen molar-refractivity contribution in [3.05, 3.63) is 5.92 Å². The minimum Gasteiger partial charge on any atom is -0.378 e. The van der Waals surface area contributed by atoms with Crippen LogP contribution in [0, 0.1) is 5.92 Å². The van der Waals surface area contributed by atoms with E-state index in [4.69, 9.17) is 4.74 Å². The largest absolute Gasteiger partial charge is 0.378 e. The Balaban J connectivity index is 1.81. The van der Waals surface area contributed by atoms with Crippen molar-refractivity contribution in [1.29, 1.82) is 0 Å². The Labute approximate surface area is 236 Å². The topological polar surface area (TPSA) is 9.23 Å². The summed E-state index contributed by atoms with van der Waals surface area (Å²) in [5.41, 5.74) is 0. The summed E-state index contributed by atoms with van der Waals surface area (Å²) in [5.74, 6) is 1.76. The normalized spacial score (nSPS) is 16.2. The van der Waals surface area contributed by atoms with Crippen LogP contribution in [0.2, 0.25) is 0 Å². The average Bonchev–Trinajstić information content (AvgIpc) is 3.36. The van der Waals surface area contributed by atoms with Gasteiger partial charge in [0.1, 0.15) is 0 Å². The van der Waals surface area contributed by atoms with Crippen LogP contribution in [0.1, 0.15) is 213 Å². The van der Waals surface area contributed by atoms with E-state index in [1.165, 1.54) is 199 Å². The second kappa shape index (κ2) is 29.0. The van der Waals surface area contributed by atoms with Crippen molar-refractivity contribution in [2.24, 2.45) is 0 Å². The van der Waals surface area contributed by atoms with E-state index in [0.29, 0.717) is 6.10 Å². The van der Waals surface area contributed by atoms with Crippen molar-refractivity contribution in [3.63, 3.8) is 0 Å². The highest BCUT2D eigenvalue weighted by atomic mass is 16.5. The van der Waals surface area contributed by atoms with Gasteiger partial charge in [0, 0.05) is 12.5 Å². The first-order valence-corrected chi connectivity index (χ1v) is 17.8. The average molecular weight is 520 g/mol. The van der Waals surface area contributed by atoms with Gasteiger partial charge in [0.2, 0.25) is 0 Å². The Bertz CT molecular complexity index is 381. The van der Waals surface area contributed by atoms with Gasteiger partial charge >= 0.3 is 0 Å². The number of hydrogen-bond acceptors (Lipinski definition) is 1. The van der Waals surface area contributed by atoms with Crippen LogP contribution in [0.25, 0.3) is 0 Å². The molecule has 1 heterocycles. The molecule has 0 spiro atoms. The molecule has 1 fully saturated rings. The first-order chi connectivity index (χ1) is 18.4. The Morgan fingerprint density at radius 3 is 1.14 bits per heavy atom. The van der Waals surface area contributed by atoms with E-state index in [1.54, 1.807) is 5.92 Å². The second-order valence-electron chi connectivity index (χ2n) is 12.5. The summed E-state index contributed by atoms with van der Waals surface area (Å²) in [4.78, 5) is 0. The number of hydrogen-bond donors (Lipinski definition) is 0. The third-order valence-corrected chi connectivity index (χ3v) is 8.87. The fourth-order valence-electron chi connectivity index (χ4n) is 6.26. The quantitative estimate of drug-likeness (QED) is 0.0857. The van der Waals surface area contributed by atoms with Crippen LogP contribution >= 0.6 is 0 Å². The molecule has 0 aromatic carbocycles. The van der Waals surface area contributed by atoms with Crippen molar-refractivity contribution < 1.29 is 4.74 Å². The van der Waals surface area contributed by atoms with Gasteiger partial charge in [-0.3, -0.25) is 0 Å². The summed E-state index contributed by atoms with van der Waals surface area (Å²) < 4.78 is 6.11. The second-order valence-corrected chi connectivity index (χ2v) is 12.5. The van der Waals surface area contributed by atoms with E-state index in [1.807, 2.05) is 0 Å². The number of unbranched alkanes of at least 4 members (excludes halogenated alkanes) is 26. The van der Waals surface area contributed by atoms with Gasteiger partial charge in [-0.15, -0.1) is 0 Å². The van der Waals surface area contributed by atoms with E-state index >= 15 is 0 Å². The lowest BCUT2D eigenvalue weighted by Crippen LogP contribution is -2.14. The van der Waals surface area contributed by atoms with Gasteiger partial charge in [-0.1, -0.05) is 194 Å². The number of ether oxygens (including phenoxy) is 1. The molecule has 0 aliphatic carbocycles. The van der Waals surface area contributed by atoms with Crippen molar-refractivity contribution in [2.45, 2.75) is 219 Å². The zero-order valence-corrected chi connectivity index (χ0v) is 26.1. The summed E-state index contributed by atoms with van der Waals surface area (Å²) >= 11 is 0. The molecule has 1 radical (unpaired) electrons. The lowest BCUT2D eigenvalue weighted by atomic mass is 9.91. The van der Waals surface area contributed by atoms with Crippen LogP contribution in [-0.4, -0.2) is 12.7 Å². The lowest BCUT2D eigenvalue weighted by molar-refractivity contribution is 0.106. The van der Waals surface area contributed by atoms with Crippen molar-refractivity contribution in [3.8, 4) is 0 Å². The third-order valence-electron chi connectivity index (χ3n) is 8.87. The van der Waals surface area contributed by atoms with E-state index in [0.717, 1.165) is 6.61 Å². The Hall–Kier alpha value is -0.0400. The number of rotatable bonds is 30. The molecular weight excluding hydrogens is 448 g/mol. The molecular formula is C36H71O. The highest BCUT2D eigenvalue weighted by molar-refractivity contribution is 5.01. The Morgan fingerprint density at radius 2 is 0.757 bits per heavy atom. The standard InChI is InChI=1S/C36H71O/c1-3-5-7-9-11-13-15-17-19-21-23-25-27-29-31-35-33-34-37-36(35)32-30-28-26-24-22-20-18-16-14-12-10-8-6-4-2/h36H,3-34H2,1-2H3. The molecule has 1 saturated heterocycles. The minimum atomic E-state index is 0.513. The molecule has 0 amide bonds. The van der Waals surface area contributed by atoms with Gasteiger partial charge in [-0.05, 0) is 19.3 Å². The van der Waals surface area contributed by atoms with E-state index in [2.05, 4.69) is 13.8 Å². The highest BCUT2D eigenvalue weighted by Gasteiger charge is 2.27. The lowest BCUT2D eigenvalue weighted by Gasteiger charge is -2.18. The van der Waals surface area contributed by atoms with Crippen molar-refractivity contribution in [1.82, 2.24) is 0 Å². The predicted molar refractivity (Wildman–Crippen MR) is 167 cm³/mol. The molecule has 1 unspecified atom stereocenters. The van der Waals surface area contributed by atoms with Gasteiger partial charge in [0.15, 0.2) is 0 Å². The molecule has 1 aliphatic rings. The minimum absolute atomic E-state index is 0.513. The summed E-state index contributed by atoms with van der Waals surface area (Å²) in [7, 11) is 0. The summed E-state index contributed by atoms with van der Waals surface area (Å²) in [6.45, 7) is 5.61. The van der Waals surface area contributed by atoms with Crippen molar-refractivity contribution in [2.75, 3.05) is 6.61 Å². The molecule has 1 heteroatoms. The molecule has 0 bridgehead atoms. The van der Waals surface area contributed by atoms with E-state index in [9.17, 15) is 0 Å². The zero-order chi connectivity index (χ0) is 26.5. The summed E-state index contributed by atoms with van der Waals surface area (Å²) in [6, 6.07) is 0. The maximum atomic E-state index is 6.11. The van der Waals surface area contributed by atoms with Crippen LogP contribution in [0.3, 0.4) is 0 Å². The van der Waals surface area contributed by atoms with Gasteiger partial charge in [-0.2, -0.15) is 0 Å². The molecule has 37 heavy (non-hydrogen) atoms. The molecule has 0 N–H and O–H groups in total. The molecule has 1 nitrogen and oxygen atoms in total. The van der Waals surface area contributed by atoms with Gasteiger partial charge in [0.25, 0.3) is 0 Å². The first-order valence-electron chi connectivity index (χ1n) is 17.8. The van der Waals surface area contributed by atoms with E-state index < -0.39 is 0 Å². The van der Waals surface area contributed by atoms with Gasteiger partial charge in [0.05, 0.1) is 6.10 Å². The molecule has 1 aliphatic heterocycles. The maximum Gasteiger partial charge on any atom is 0.0638 e. The highest BCUT2D eigenvalue weighted by Crippen LogP contribution is 2.32. The van der Waals surface area contributed by atoms with Crippen molar-refractivity contribution >= 4 is 0 Å². The fraction of sp³-hybridized carbons (Fsp3) is 0.972. The zero-order valence-electron chi connectivity index (χ0n) is 26.1. The Morgan fingerprint density at radius 1 is 0.432 bits per heavy atom. The predicted octanol–water partition coefficient (Wildman–Crippen LogP) is 13.1. The molecule has 0 saturated carbocycles. The summed E-state index contributed by atoms with van der Waals surface area (Å²) in [5, 5.41) is 0. The van der Waals surface area contributed by atoms with E-state index in [-0.39, 0.29) is 0 Å².